The third-order valence-electron chi connectivity index (χ3n) is 1.56. The van der Waals surface area contributed by atoms with Gasteiger partial charge in [-0.3, -0.25) is 0 Å². The maximum atomic E-state index is 4.26. The lowest BCUT2D eigenvalue weighted by molar-refractivity contribution is 1.03. The van der Waals surface area contributed by atoms with Crippen molar-refractivity contribution >= 4 is 11.6 Å². The summed E-state index contributed by atoms with van der Waals surface area (Å²) in [6, 6.07) is 0. The van der Waals surface area contributed by atoms with Crippen LogP contribution >= 0.6 is 0 Å². The molecule has 0 aliphatic rings. The molecule has 1 aromatic rings. The molecule has 0 spiro atoms. The molecule has 0 aliphatic heterocycles. The van der Waals surface area contributed by atoms with Crippen molar-refractivity contribution in [2.24, 2.45) is 0 Å². The fraction of sp³-hybridized carbons (Fsp3) is 0.200. The van der Waals surface area contributed by atoms with Crippen LogP contribution in [0.15, 0.2) is 19.4 Å². The fourth-order valence-corrected chi connectivity index (χ4v) is 0.971. The van der Waals surface area contributed by atoms with Crippen molar-refractivity contribution in [3.8, 4) is 0 Å². The SMILES string of the molecule is C=Cc1cnc(C)nc1C(=C)C. The molecule has 0 N–H and O–H groups in total. The van der Waals surface area contributed by atoms with Crippen LogP contribution in [0.1, 0.15) is 24.0 Å². The minimum atomic E-state index is 0.763. The summed E-state index contributed by atoms with van der Waals surface area (Å²) >= 11 is 0. The molecule has 62 valence electrons. The van der Waals surface area contributed by atoms with Crippen LogP contribution in [0.25, 0.3) is 11.6 Å². The monoisotopic (exact) mass is 160 g/mol. The van der Waals surface area contributed by atoms with Crippen molar-refractivity contribution in [2.45, 2.75) is 13.8 Å². The number of aromatic nitrogens is 2. The molecule has 0 saturated heterocycles. The maximum absolute atomic E-state index is 4.26. The molecule has 0 aromatic carbocycles. The maximum Gasteiger partial charge on any atom is 0.125 e. The van der Waals surface area contributed by atoms with Crippen LogP contribution in [0, 0.1) is 6.92 Å². The van der Waals surface area contributed by atoms with Gasteiger partial charge < -0.3 is 0 Å². The van der Waals surface area contributed by atoms with E-state index in [-0.39, 0.29) is 0 Å². The Morgan fingerprint density at radius 2 is 2.25 bits per heavy atom. The van der Waals surface area contributed by atoms with Gasteiger partial charge in [-0.25, -0.2) is 9.97 Å². The second kappa shape index (κ2) is 3.30. The molecule has 0 unspecified atom stereocenters. The number of nitrogens with zero attached hydrogens (tertiary/aromatic N) is 2. The minimum Gasteiger partial charge on any atom is -0.241 e. The minimum absolute atomic E-state index is 0.763. The highest BCUT2D eigenvalue weighted by Crippen LogP contribution is 2.14. The van der Waals surface area contributed by atoms with Gasteiger partial charge in [-0.2, -0.15) is 0 Å². The van der Waals surface area contributed by atoms with Gasteiger partial charge in [0.1, 0.15) is 5.82 Å². The van der Waals surface area contributed by atoms with Crippen molar-refractivity contribution in [3.63, 3.8) is 0 Å². The summed E-state index contributed by atoms with van der Waals surface area (Å²) in [5.74, 6) is 0.763. The largest absolute Gasteiger partial charge is 0.241 e. The third-order valence-corrected chi connectivity index (χ3v) is 1.56. The first-order valence-electron chi connectivity index (χ1n) is 3.77. The van der Waals surface area contributed by atoms with E-state index >= 15 is 0 Å². The number of hydrogen-bond acceptors (Lipinski definition) is 2. The molecule has 0 saturated carbocycles. The number of aryl methyl sites for hydroxylation is 1. The van der Waals surface area contributed by atoms with Crippen molar-refractivity contribution < 1.29 is 0 Å². The van der Waals surface area contributed by atoms with Crippen LogP contribution in [0.4, 0.5) is 0 Å². The highest BCUT2D eigenvalue weighted by molar-refractivity contribution is 5.67. The first-order valence-corrected chi connectivity index (χ1v) is 3.77. The molecule has 0 atom stereocenters. The van der Waals surface area contributed by atoms with E-state index in [0.717, 1.165) is 22.7 Å². The highest BCUT2D eigenvalue weighted by atomic mass is 14.9. The molecule has 12 heavy (non-hydrogen) atoms. The van der Waals surface area contributed by atoms with Crippen LogP contribution < -0.4 is 0 Å². The molecule has 2 nitrogen and oxygen atoms in total. The van der Waals surface area contributed by atoms with Crippen LogP contribution in [-0.4, -0.2) is 9.97 Å². The van der Waals surface area contributed by atoms with Crippen molar-refractivity contribution in [1.82, 2.24) is 9.97 Å². The normalized spacial score (nSPS) is 9.50. The average molecular weight is 160 g/mol. The van der Waals surface area contributed by atoms with Crippen molar-refractivity contribution in [1.29, 1.82) is 0 Å². The Bertz CT molecular complexity index is 327. The lowest BCUT2D eigenvalue weighted by Crippen LogP contribution is -1.95. The summed E-state index contributed by atoms with van der Waals surface area (Å²) in [5, 5.41) is 0. The molecule has 0 aliphatic carbocycles. The van der Waals surface area contributed by atoms with Gasteiger partial charge in [0.2, 0.25) is 0 Å². The zero-order chi connectivity index (χ0) is 9.14. The van der Waals surface area contributed by atoms with E-state index in [1.165, 1.54) is 0 Å². The Morgan fingerprint density at radius 3 is 2.75 bits per heavy atom. The van der Waals surface area contributed by atoms with Crippen LogP contribution in [0.5, 0.6) is 0 Å². The topological polar surface area (TPSA) is 25.8 Å². The Labute approximate surface area is 72.7 Å². The summed E-state index contributed by atoms with van der Waals surface area (Å²) in [4.78, 5) is 8.33. The standard InChI is InChI=1S/C10H12N2/c1-5-9-6-11-8(4)12-10(9)7(2)3/h5-6H,1-2H2,3-4H3. The van der Waals surface area contributed by atoms with Gasteiger partial charge >= 0.3 is 0 Å². The molecule has 0 fully saturated rings. The zero-order valence-electron chi connectivity index (χ0n) is 7.46. The highest BCUT2D eigenvalue weighted by Gasteiger charge is 2.01. The second-order valence-corrected chi connectivity index (χ2v) is 2.71. The Hall–Kier alpha value is -1.44. The molecule has 0 radical (unpaired) electrons. The summed E-state index contributed by atoms with van der Waals surface area (Å²) in [6.07, 6.45) is 3.50. The van der Waals surface area contributed by atoms with Gasteiger partial charge in [-0.15, -0.1) is 0 Å². The van der Waals surface area contributed by atoms with Crippen LogP contribution in [0.2, 0.25) is 0 Å². The van der Waals surface area contributed by atoms with E-state index in [2.05, 4.69) is 23.1 Å². The molecule has 2 heteroatoms. The van der Waals surface area contributed by atoms with E-state index in [1.807, 2.05) is 13.8 Å². The fourth-order valence-electron chi connectivity index (χ4n) is 0.971. The second-order valence-electron chi connectivity index (χ2n) is 2.71. The van der Waals surface area contributed by atoms with E-state index in [4.69, 9.17) is 0 Å². The van der Waals surface area contributed by atoms with Gasteiger partial charge in [-0.05, 0) is 19.4 Å². The Kier molecular flexibility index (Phi) is 2.38. The quantitative estimate of drug-likeness (QED) is 0.664. The van der Waals surface area contributed by atoms with Crippen LogP contribution in [-0.2, 0) is 0 Å². The number of rotatable bonds is 2. The predicted octanol–water partition coefficient (Wildman–Crippen LogP) is 2.46. The van der Waals surface area contributed by atoms with Gasteiger partial charge in [0, 0.05) is 11.8 Å². The van der Waals surface area contributed by atoms with Crippen molar-refractivity contribution in [2.75, 3.05) is 0 Å². The van der Waals surface area contributed by atoms with E-state index < -0.39 is 0 Å². The van der Waals surface area contributed by atoms with Crippen molar-refractivity contribution in [3.05, 3.63) is 36.4 Å². The third kappa shape index (κ3) is 1.59. The lowest BCUT2D eigenvalue weighted by atomic mass is 10.1. The van der Waals surface area contributed by atoms with Gasteiger partial charge in [0.25, 0.3) is 0 Å². The van der Waals surface area contributed by atoms with Crippen LogP contribution in [0.3, 0.4) is 0 Å². The molecular formula is C10H12N2. The predicted molar refractivity (Wildman–Crippen MR) is 51.6 cm³/mol. The first-order chi connectivity index (χ1) is 5.65. The zero-order valence-corrected chi connectivity index (χ0v) is 7.46. The lowest BCUT2D eigenvalue weighted by Gasteiger charge is -2.03. The molecular weight excluding hydrogens is 148 g/mol. The summed E-state index contributed by atoms with van der Waals surface area (Å²) < 4.78 is 0. The number of allylic oxidation sites excluding steroid dienone is 1. The molecule has 1 aromatic heterocycles. The smallest absolute Gasteiger partial charge is 0.125 e. The van der Waals surface area contributed by atoms with E-state index in [0.29, 0.717) is 0 Å². The summed E-state index contributed by atoms with van der Waals surface area (Å²) in [7, 11) is 0. The Balaban J connectivity index is 3.30. The van der Waals surface area contributed by atoms with Gasteiger partial charge in [-0.1, -0.05) is 19.2 Å². The molecule has 0 amide bonds. The molecule has 1 heterocycles. The number of hydrogen-bond donors (Lipinski definition) is 0. The summed E-state index contributed by atoms with van der Waals surface area (Å²) in [6.45, 7) is 11.3. The van der Waals surface area contributed by atoms with E-state index in [1.54, 1.807) is 12.3 Å². The van der Waals surface area contributed by atoms with Gasteiger partial charge in [0.15, 0.2) is 0 Å². The molecule has 1 rings (SSSR count). The van der Waals surface area contributed by atoms with Gasteiger partial charge in [0.05, 0.1) is 5.69 Å². The molecule has 0 bridgehead atoms. The van der Waals surface area contributed by atoms with E-state index in [9.17, 15) is 0 Å². The Morgan fingerprint density at radius 1 is 1.58 bits per heavy atom. The first kappa shape index (κ1) is 8.65. The average Bonchev–Trinajstić information content (AvgIpc) is 2.04. The summed E-state index contributed by atoms with van der Waals surface area (Å²) in [5.41, 5.74) is 2.76.